The summed E-state index contributed by atoms with van der Waals surface area (Å²) in [4.78, 5) is 25.4. The molecule has 0 radical (unpaired) electrons. The minimum absolute atomic E-state index is 0.162. The standard InChI is InChI=1S/C17H25N5O/c1-11(23)21-4-6-22(7-5-21)16-10-15(13-8-14(18)9-13)19-17(20-16)12-2-3-12/h10,12-14H,2-9,18H2,1H3. The summed E-state index contributed by atoms with van der Waals surface area (Å²) in [6.07, 6.45) is 4.51. The van der Waals surface area contributed by atoms with Crippen LogP contribution in [0.25, 0.3) is 0 Å². The van der Waals surface area contributed by atoms with E-state index in [4.69, 9.17) is 15.7 Å². The second-order valence-corrected chi connectivity index (χ2v) is 7.21. The van der Waals surface area contributed by atoms with E-state index in [1.165, 1.54) is 18.5 Å². The van der Waals surface area contributed by atoms with Crippen LogP contribution in [0, 0.1) is 0 Å². The fourth-order valence-electron chi connectivity index (χ4n) is 3.52. The van der Waals surface area contributed by atoms with Gasteiger partial charge in [-0.3, -0.25) is 4.79 Å². The van der Waals surface area contributed by atoms with E-state index in [0.717, 1.165) is 50.7 Å². The molecule has 124 valence electrons. The summed E-state index contributed by atoms with van der Waals surface area (Å²) in [5.74, 6) is 3.28. The van der Waals surface area contributed by atoms with Crippen molar-refractivity contribution in [1.29, 1.82) is 0 Å². The lowest BCUT2D eigenvalue weighted by Crippen LogP contribution is -2.48. The van der Waals surface area contributed by atoms with Crippen molar-refractivity contribution in [1.82, 2.24) is 14.9 Å². The number of rotatable bonds is 3. The van der Waals surface area contributed by atoms with E-state index < -0.39 is 0 Å². The number of nitrogens with zero attached hydrogens (tertiary/aromatic N) is 4. The van der Waals surface area contributed by atoms with Crippen molar-refractivity contribution in [2.24, 2.45) is 5.73 Å². The van der Waals surface area contributed by atoms with Crippen molar-refractivity contribution in [3.8, 4) is 0 Å². The van der Waals surface area contributed by atoms with Gasteiger partial charge >= 0.3 is 0 Å². The molecule has 2 heterocycles. The minimum Gasteiger partial charge on any atom is -0.353 e. The molecule has 6 heteroatoms. The zero-order valence-corrected chi connectivity index (χ0v) is 13.7. The van der Waals surface area contributed by atoms with Crippen LogP contribution in [0.4, 0.5) is 5.82 Å². The van der Waals surface area contributed by atoms with Crippen LogP contribution >= 0.6 is 0 Å². The van der Waals surface area contributed by atoms with E-state index in [0.29, 0.717) is 17.9 Å². The first kappa shape index (κ1) is 14.9. The Morgan fingerprint density at radius 3 is 2.39 bits per heavy atom. The Bertz CT molecular complexity index is 601. The summed E-state index contributed by atoms with van der Waals surface area (Å²) >= 11 is 0. The molecule has 1 aliphatic heterocycles. The highest BCUT2D eigenvalue weighted by molar-refractivity contribution is 5.73. The molecule has 3 fully saturated rings. The van der Waals surface area contributed by atoms with E-state index in [2.05, 4.69) is 11.0 Å². The molecule has 3 aliphatic rings. The third-order valence-electron chi connectivity index (χ3n) is 5.33. The average molecular weight is 315 g/mol. The molecule has 0 unspecified atom stereocenters. The number of amides is 1. The number of hydrogen-bond donors (Lipinski definition) is 1. The summed E-state index contributed by atoms with van der Waals surface area (Å²) in [5.41, 5.74) is 7.12. The van der Waals surface area contributed by atoms with Gasteiger partial charge in [-0.1, -0.05) is 0 Å². The zero-order chi connectivity index (χ0) is 16.0. The van der Waals surface area contributed by atoms with Gasteiger partial charge in [0, 0.05) is 62.7 Å². The van der Waals surface area contributed by atoms with E-state index in [1.807, 2.05) is 4.90 Å². The normalized spacial score (nSPS) is 27.7. The van der Waals surface area contributed by atoms with Gasteiger partial charge in [-0.15, -0.1) is 0 Å². The van der Waals surface area contributed by atoms with Gasteiger partial charge in [0.25, 0.3) is 0 Å². The maximum absolute atomic E-state index is 11.5. The predicted molar refractivity (Wildman–Crippen MR) is 88.4 cm³/mol. The molecule has 0 atom stereocenters. The highest BCUT2D eigenvalue weighted by Gasteiger charge is 2.33. The quantitative estimate of drug-likeness (QED) is 0.908. The van der Waals surface area contributed by atoms with Crippen molar-refractivity contribution in [3.63, 3.8) is 0 Å². The van der Waals surface area contributed by atoms with E-state index >= 15 is 0 Å². The van der Waals surface area contributed by atoms with Gasteiger partial charge in [-0.05, 0) is 25.7 Å². The van der Waals surface area contributed by atoms with Gasteiger partial charge < -0.3 is 15.5 Å². The number of carbonyl (C=O) groups is 1. The Kier molecular flexibility index (Phi) is 3.71. The summed E-state index contributed by atoms with van der Waals surface area (Å²) in [7, 11) is 0. The molecule has 1 aromatic heterocycles. The molecule has 2 saturated carbocycles. The summed E-state index contributed by atoms with van der Waals surface area (Å²) in [5, 5.41) is 0. The fraction of sp³-hybridized carbons (Fsp3) is 0.706. The SMILES string of the molecule is CC(=O)N1CCN(c2cc(C3CC(N)C3)nc(C3CC3)n2)CC1. The molecule has 4 rings (SSSR count). The van der Waals surface area contributed by atoms with Crippen LogP contribution in [0.2, 0.25) is 0 Å². The van der Waals surface area contributed by atoms with Crippen LogP contribution in [0.1, 0.15) is 56.0 Å². The molecule has 23 heavy (non-hydrogen) atoms. The lowest BCUT2D eigenvalue weighted by molar-refractivity contribution is -0.129. The Balaban J connectivity index is 1.54. The molecule has 0 bridgehead atoms. The van der Waals surface area contributed by atoms with E-state index in [-0.39, 0.29) is 5.91 Å². The van der Waals surface area contributed by atoms with Crippen LogP contribution in [0.15, 0.2) is 6.07 Å². The minimum atomic E-state index is 0.162. The fourth-order valence-corrected chi connectivity index (χ4v) is 3.52. The largest absolute Gasteiger partial charge is 0.353 e. The van der Waals surface area contributed by atoms with Crippen LogP contribution in [0.3, 0.4) is 0 Å². The number of nitrogens with two attached hydrogens (primary N) is 1. The van der Waals surface area contributed by atoms with Crippen molar-refractivity contribution < 1.29 is 4.79 Å². The summed E-state index contributed by atoms with van der Waals surface area (Å²) < 4.78 is 0. The van der Waals surface area contributed by atoms with Gasteiger partial charge in [0.2, 0.25) is 5.91 Å². The van der Waals surface area contributed by atoms with Gasteiger partial charge in [0.1, 0.15) is 11.6 Å². The predicted octanol–water partition coefficient (Wildman–Crippen LogP) is 1.23. The maximum atomic E-state index is 11.5. The number of aromatic nitrogens is 2. The second-order valence-electron chi connectivity index (χ2n) is 7.21. The maximum Gasteiger partial charge on any atom is 0.219 e. The first-order valence-electron chi connectivity index (χ1n) is 8.75. The molecule has 6 nitrogen and oxygen atoms in total. The number of hydrogen-bond acceptors (Lipinski definition) is 5. The topological polar surface area (TPSA) is 75.4 Å². The van der Waals surface area contributed by atoms with Crippen LogP contribution in [-0.2, 0) is 4.79 Å². The Hall–Kier alpha value is -1.69. The Morgan fingerprint density at radius 1 is 1.13 bits per heavy atom. The van der Waals surface area contributed by atoms with Gasteiger partial charge in [-0.25, -0.2) is 9.97 Å². The zero-order valence-electron chi connectivity index (χ0n) is 13.7. The third kappa shape index (κ3) is 3.04. The molecule has 1 saturated heterocycles. The third-order valence-corrected chi connectivity index (χ3v) is 5.33. The van der Waals surface area contributed by atoms with Crippen molar-refractivity contribution in [2.75, 3.05) is 31.1 Å². The van der Waals surface area contributed by atoms with Crippen molar-refractivity contribution in [2.45, 2.75) is 50.5 Å². The Labute approximate surface area is 137 Å². The van der Waals surface area contributed by atoms with Crippen LogP contribution in [0.5, 0.6) is 0 Å². The van der Waals surface area contributed by atoms with E-state index in [1.54, 1.807) is 6.92 Å². The monoisotopic (exact) mass is 315 g/mol. The molecular weight excluding hydrogens is 290 g/mol. The first-order chi connectivity index (χ1) is 11.1. The molecule has 0 aromatic carbocycles. The molecule has 2 N–H and O–H groups in total. The Morgan fingerprint density at radius 2 is 1.83 bits per heavy atom. The lowest BCUT2D eigenvalue weighted by Gasteiger charge is -2.36. The number of piperazine rings is 1. The second kappa shape index (κ2) is 5.74. The highest BCUT2D eigenvalue weighted by atomic mass is 16.2. The molecule has 2 aliphatic carbocycles. The molecule has 1 amide bonds. The van der Waals surface area contributed by atoms with Gasteiger partial charge in [-0.2, -0.15) is 0 Å². The average Bonchev–Trinajstić information content (AvgIpc) is 3.36. The van der Waals surface area contributed by atoms with Crippen molar-refractivity contribution >= 4 is 11.7 Å². The molecule has 0 spiro atoms. The first-order valence-corrected chi connectivity index (χ1v) is 8.75. The number of carbonyl (C=O) groups excluding carboxylic acids is 1. The van der Waals surface area contributed by atoms with Gasteiger partial charge in [0.15, 0.2) is 0 Å². The highest BCUT2D eigenvalue weighted by Crippen LogP contribution is 2.41. The lowest BCUT2D eigenvalue weighted by atomic mass is 9.78. The smallest absolute Gasteiger partial charge is 0.219 e. The van der Waals surface area contributed by atoms with Crippen LogP contribution < -0.4 is 10.6 Å². The van der Waals surface area contributed by atoms with Gasteiger partial charge in [0.05, 0.1) is 0 Å². The molecular formula is C17H25N5O. The summed E-state index contributed by atoms with van der Waals surface area (Å²) in [6.45, 7) is 4.90. The summed E-state index contributed by atoms with van der Waals surface area (Å²) in [6, 6.07) is 2.49. The number of anilines is 1. The van der Waals surface area contributed by atoms with Crippen LogP contribution in [-0.4, -0.2) is 53.0 Å². The van der Waals surface area contributed by atoms with E-state index in [9.17, 15) is 4.79 Å². The molecule has 1 aromatic rings. The van der Waals surface area contributed by atoms with Crippen molar-refractivity contribution in [3.05, 3.63) is 17.6 Å².